The van der Waals surface area contributed by atoms with Gasteiger partial charge in [0.15, 0.2) is 0 Å². The predicted octanol–water partition coefficient (Wildman–Crippen LogP) is 2.24. The van der Waals surface area contributed by atoms with Crippen molar-refractivity contribution >= 4 is 37.8 Å². The lowest BCUT2D eigenvalue weighted by molar-refractivity contribution is -0.142. The van der Waals surface area contributed by atoms with E-state index in [-0.39, 0.29) is 10.8 Å². The molecule has 0 aliphatic rings. The number of esters is 1. The van der Waals surface area contributed by atoms with Crippen molar-refractivity contribution in [2.24, 2.45) is 0 Å². The molecule has 0 aromatic carbocycles. The van der Waals surface area contributed by atoms with Gasteiger partial charge in [0.2, 0.25) is 0 Å². The zero-order valence-corrected chi connectivity index (χ0v) is 11.2. The minimum atomic E-state index is -0.441. The second-order valence-electron chi connectivity index (χ2n) is 2.73. The minimum absolute atomic E-state index is 0.197. The number of carbonyl (C=O) groups excluding carboxylic acids is 1. The Kier molecular flexibility index (Phi) is 5.17. The molecule has 0 radical (unpaired) electrons. The van der Waals surface area contributed by atoms with E-state index in [0.29, 0.717) is 6.61 Å². The lowest BCUT2D eigenvalue weighted by Gasteiger charge is -2.14. The second kappa shape index (κ2) is 6.17. The topological polar surface area (TPSA) is 52.1 Å². The molecular formula is C9H10Br2N2O2. The van der Waals surface area contributed by atoms with Gasteiger partial charge in [-0.25, -0.2) is 9.97 Å². The fraction of sp³-hybridized carbons (Fsp3) is 0.444. The number of carbonyl (C=O) groups is 1. The number of alkyl halides is 2. The molecular weight excluding hydrogens is 328 g/mol. The number of nitrogens with zero attached hydrogens (tertiary/aromatic N) is 2. The van der Waals surface area contributed by atoms with Crippen molar-refractivity contribution < 1.29 is 9.53 Å². The first-order chi connectivity index (χ1) is 7.16. The average Bonchev–Trinajstić information content (AvgIpc) is 2.28. The molecule has 1 rings (SSSR count). The van der Waals surface area contributed by atoms with Crippen LogP contribution in [0.15, 0.2) is 18.7 Å². The van der Waals surface area contributed by atoms with Crippen LogP contribution in [0, 0.1) is 0 Å². The summed E-state index contributed by atoms with van der Waals surface area (Å²) in [5.74, 6) is -0.303. The monoisotopic (exact) mass is 336 g/mol. The summed E-state index contributed by atoms with van der Waals surface area (Å²) >= 11 is 6.66. The molecule has 6 heteroatoms. The van der Waals surface area contributed by atoms with Gasteiger partial charge in [-0.15, -0.1) is 0 Å². The van der Waals surface area contributed by atoms with Crippen molar-refractivity contribution in [3.8, 4) is 0 Å². The van der Waals surface area contributed by atoms with Crippen LogP contribution in [0.1, 0.15) is 17.3 Å². The third-order valence-electron chi connectivity index (χ3n) is 1.67. The van der Waals surface area contributed by atoms with Crippen LogP contribution >= 0.6 is 31.9 Å². The highest BCUT2D eigenvalue weighted by atomic mass is 79.9. The van der Waals surface area contributed by atoms with Gasteiger partial charge in [-0.1, -0.05) is 31.9 Å². The Labute approximate surface area is 105 Å². The Morgan fingerprint density at radius 3 is 2.60 bits per heavy atom. The Morgan fingerprint density at radius 1 is 1.47 bits per heavy atom. The van der Waals surface area contributed by atoms with Crippen LogP contribution in [0.5, 0.6) is 0 Å². The van der Waals surface area contributed by atoms with Crippen molar-refractivity contribution in [2.75, 3.05) is 6.61 Å². The van der Waals surface area contributed by atoms with Crippen LogP contribution in [0.4, 0.5) is 0 Å². The maximum Gasteiger partial charge on any atom is 0.321 e. The van der Waals surface area contributed by atoms with Crippen LogP contribution in [-0.2, 0) is 9.53 Å². The first-order valence-corrected chi connectivity index (χ1v) is 6.19. The molecule has 0 amide bonds. The van der Waals surface area contributed by atoms with Crippen molar-refractivity contribution in [3.63, 3.8) is 0 Å². The quantitative estimate of drug-likeness (QED) is 0.624. The molecule has 82 valence electrons. The molecule has 0 aliphatic carbocycles. The van der Waals surface area contributed by atoms with Gasteiger partial charge in [0.1, 0.15) is 11.2 Å². The minimum Gasteiger partial charge on any atom is -0.465 e. The van der Waals surface area contributed by atoms with Gasteiger partial charge in [-0.2, -0.15) is 0 Å². The predicted molar refractivity (Wildman–Crippen MR) is 63.0 cm³/mol. The summed E-state index contributed by atoms with van der Waals surface area (Å²) in [5, 5.41) is 0. The summed E-state index contributed by atoms with van der Waals surface area (Å²) in [7, 11) is 0. The molecule has 0 saturated heterocycles. The van der Waals surface area contributed by atoms with E-state index >= 15 is 0 Å². The summed E-state index contributed by atoms with van der Waals surface area (Å²) in [6.07, 6.45) is 4.75. The van der Waals surface area contributed by atoms with Crippen molar-refractivity contribution in [1.82, 2.24) is 9.97 Å². The Hall–Kier alpha value is -0.490. The third kappa shape index (κ3) is 3.53. The van der Waals surface area contributed by atoms with E-state index in [4.69, 9.17) is 4.74 Å². The molecule has 0 fully saturated rings. The Balaban J connectivity index is 2.68. The van der Waals surface area contributed by atoms with E-state index in [2.05, 4.69) is 41.8 Å². The zero-order chi connectivity index (χ0) is 11.3. The normalized spacial score (nSPS) is 14.3. The summed E-state index contributed by atoms with van der Waals surface area (Å²) in [6.45, 7) is 2.14. The van der Waals surface area contributed by atoms with E-state index in [9.17, 15) is 4.79 Å². The summed E-state index contributed by atoms with van der Waals surface area (Å²) in [4.78, 5) is 18.5. The number of ether oxygens (including phenoxy) is 1. The van der Waals surface area contributed by atoms with E-state index in [1.165, 1.54) is 6.33 Å². The maximum atomic E-state index is 11.4. The van der Waals surface area contributed by atoms with Gasteiger partial charge >= 0.3 is 5.97 Å². The van der Waals surface area contributed by atoms with Crippen LogP contribution in [0.3, 0.4) is 0 Å². The average molecular weight is 338 g/mol. The number of halogens is 2. The molecule has 0 unspecified atom stereocenters. The van der Waals surface area contributed by atoms with Crippen molar-refractivity contribution in [3.05, 3.63) is 24.3 Å². The molecule has 1 aromatic rings. The van der Waals surface area contributed by atoms with Gasteiger partial charge in [0.05, 0.1) is 11.4 Å². The fourth-order valence-electron chi connectivity index (χ4n) is 0.963. The molecule has 1 heterocycles. The van der Waals surface area contributed by atoms with Crippen LogP contribution < -0.4 is 0 Å². The van der Waals surface area contributed by atoms with Crippen LogP contribution in [0.25, 0.3) is 0 Å². The van der Waals surface area contributed by atoms with Crippen LogP contribution in [0.2, 0.25) is 0 Å². The first kappa shape index (κ1) is 12.6. The Bertz CT molecular complexity index is 321. The Morgan fingerprint density at radius 2 is 2.07 bits per heavy atom. The highest BCUT2D eigenvalue weighted by Crippen LogP contribution is 2.30. The van der Waals surface area contributed by atoms with Crippen LogP contribution in [-0.4, -0.2) is 27.4 Å². The second-order valence-corrected chi connectivity index (χ2v) is 4.70. The standard InChI is InChI=1S/C9H10Br2N2O2/c1-2-15-9(14)8(11)7(10)6-3-12-5-13-4-6/h3-5,7-8H,2H2,1H3/t7-,8+/m1/s1. The van der Waals surface area contributed by atoms with E-state index < -0.39 is 4.83 Å². The smallest absolute Gasteiger partial charge is 0.321 e. The van der Waals surface area contributed by atoms with E-state index in [1.807, 2.05) is 0 Å². The lowest BCUT2D eigenvalue weighted by atomic mass is 10.2. The summed E-state index contributed by atoms with van der Waals surface area (Å²) < 4.78 is 4.89. The summed E-state index contributed by atoms with van der Waals surface area (Å²) in [6, 6.07) is 0. The van der Waals surface area contributed by atoms with Crippen molar-refractivity contribution in [1.29, 1.82) is 0 Å². The number of hydrogen-bond donors (Lipinski definition) is 0. The van der Waals surface area contributed by atoms with Gasteiger partial charge in [-0.3, -0.25) is 4.79 Å². The third-order valence-corrected chi connectivity index (χ3v) is 4.34. The van der Waals surface area contributed by atoms with Gasteiger partial charge in [-0.05, 0) is 6.92 Å². The number of rotatable bonds is 4. The zero-order valence-electron chi connectivity index (χ0n) is 8.06. The van der Waals surface area contributed by atoms with Crippen molar-refractivity contribution in [2.45, 2.75) is 16.6 Å². The molecule has 1 aromatic heterocycles. The first-order valence-electron chi connectivity index (χ1n) is 4.36. The van der Waals surface area contributed by atoms with E-state index in [0.717, 1.165) is 5.56 Å². The molecule has 2 atom stereocenters. The van der Waals surface area contributed by atoms with Gasteiger partial charge in [0.25, 0.3) is 0 Å². The molecule has 0 saturated carbocycles. The maximum absolute atomic E-state index is 11.4. The highest BCUT2D eigenvalue weighted by Gasteiger charge is 2.26. The molecule has 0 bridgehead atoms. The molecule has 0 N–H and O–H groups in total. The molecule has 4 nitrogen and oxygen atoms in total. The highest BCUT2D eigenvalue weighted by molar-refractivity contribution is 9.12. The van der Waals surface area contributed by atoms with E-state index in [1.54, 1.807) is 19.3 Å². The van der Waals surface area contributed by atoms with Gasteiger partial charge in [0, 0.05) is 18.0 Å². The SMILES string of the molecule is CCOC(=O)[C@@H](Br)[C@H](Br)c1cncnc1. The van der Waals surface area contributed by atoms with Gasteiger partial charge < -0.3 is 4.74 Å². The summed E-state index contributed by atoms with van der Waals surface area (Å²) in [5.41, 5.74) is 0.826. The lowest BCUT2D eigenvalue weighted by Crippen LogP contribution is -2.21. The molecule has 15 heavy (non-hydrogen) atoms. The molecule has 0 aliphatic heterocycles. The fourth-order valence-corrected chi connectivity index (χ4v) is 1.85. The largest absolute Gasteiger partial charge is 0.465 e. The number of aromatic nitrogens is 2. The number of hydrogen-bond acceptors (Lipinski definition) is 4. The molecule has 0 spiro atoms.